The summed E-state index contributed by atoms with van der Waals surface area (Å²) < 4.78 is 2.26. The Bertz CT molecular complexity index is 412. The topological polar surface area (TPSA) is 46.9 Å². The maximum Gasteiger partial charge on any atom is 0.267 e. The van der Waals surface area contributed by atoms with Gasteiger partial charge in [-0.15, -0.1) is 0 Å². The molecule has 0 aliphatic carbocycles. The fourth-order valence-electron chi connectivity index (χ4n) is 1.58. The zero-order valence-corrected chi connectivity index (χ0v) is 10.2. The summed E-state index contributed by atoms with van der Waals surface area (Å²) in [6.07, 6.45) is 2.68. The Kier molecular flexibility index (Phi) is 3.21. The van der Waals surface area contributed by atoms with E-state index in [0.29, 0.717) is 4.47 Å². The molecule has 1 fully saturated rings. The summed E-state index contributed by atoms with van der Waals surface area (Å²) in [5, 5.41) is 3.22. The Morgan fingerprint density at radius 1 is 1.67 bits per heavy atom. The van der Waals surface area contributed by atoms with Crippen LogP contribution in [0.5, 0.6) is 0 Å². The smallest absolute Gasteiger partial charge is 0.267 e. The number of aromatic nitrogens is 2. The maximum absolute atomic E-state index is 11.8. The molecule has 0 atom stereocenters. The first-order valence-corrected chi connectivity index (χ1v) is 5.90. The van der Waals surface area contributed by atoms with Gasteiger partial charge in [-0.1, -0.05) is 0 Å². The van der Waals surface area contributed by atoms with Gasteiger partial charge in [-0.25, -0.2) is 4.98 Å². The van der Waals surface area contributed by atoms with Gasteiger partial charge >= 0.3 is 0 Å². The predicted octanol–water partition coefficient (Wildman–Crippen LogP) is 0.924. The van der Waals surface area contributed by atoms with E-state index in [1.54, 1.807) is 10.9 Å². The Morgan fingerprint density at radius 3 is 3.00 bits per heavy atom. The minimum atomic E-state index is 0.0229. The van der Waals surface area contributed by atoms with E-state index in [1.807, 2.05) is 6.92 Å². The highest BCUT2D eigenvalue weighted by Crippen LogP contribution is 2.10. The number of nitrogens with one attached hydrogen (secondary N) is 1. The van der Waals surface area contributed by atoms with Crippen molar-refractivity contribution in [2.24, 2.45) is 5.92 Å². The van der Waals surface area contributed by atoms with Crippen molar-refractivity contribution < 1.29 is 0 Å². The quantitative estimate of drug-likeness (QED) is 0.890. The molecule has 1 N–H and O–H groups in total. The Balaban J connectivity index is 2.07. The van der Waals surface area contributed by atoms with E-state index in [0.717, 1.165) is 37.7 Å². The highest BCUT2D eigenvalue weighted by atomic mass is 79.9. The van der Waals surface area contributed by atoms with Crippen molar-refractivity contribution >= 4 is 15.9 Å². The van der Waals surface area contributed by atoms with E-state index in [1.165, 1.54) is 0 Å². The van der Waals surface area contributed by atoms with Crippen molar-refractivity contribution in [1.29, 1.82) is 0 Å². The van der Waals surface area contributed by atoms with Gasteiger partial charge in [0, 0.05) is 6.54 Å². The number of aryl methyl sites for hydroxylation is 2. The lowest BCUT2D eigenvalue weighted by Gasteiger charge is -2.27. The summed E-state index contributed by atoms with van der Waals surface area (Å²) >= 11 is 3.26. The number of nitrogens with zero attached hydrogens (tertiary/aromatic N) is 2. The van der Waals surface area contributed by atoms with E-state index in [2.05, 4.69) is 26.2 Å². The summed E-state index contributed by atoms with van der Waals surface area (Å²) in [7, 11) is 0. The third-order valence-electron chi connectivity index (χ3n) is 2.80. The average Bonchev–Trinajstić information content (AvgIpc) is 2.15. The molecule has 1 saturated heterocycles. The fraction of sp³-hybridized carbons (Fsp3) is 0.600. The van der Waals surface area contributed by atoms with Crippen molar-refractivity contribution in [2.45, 2.75) is 19.9 Å². The molecule has 4 nitrogen and oxygen atoms in total. The summed E-state index contributed by atoms with van der Waals surface area (Å²) in [6.45, 7) is 4.74. The number of halogens is 1. The Labute approximate surface area is 96.8 Å². The monoisotopic (exact) mass is 271 g/mol. The summed E-state index contributed by atoms with van der Waals surface area (Å²) in [5.74, 6) is 0.719. The second kappa shape index (κ2) is 4.45. The van der Waals surface area contributed by atoms with E-state index in [9.17, 15) is 4.79 Å². The van der Waals surface area contributed by atoms with Gasteiger partial charge in [0.25, 0.3) is 5.56 Å². The molecular weight excluding hydrogens is 258 g/mol. The van der Waals surface area contributed by atoms with Crippen LogP contribution in [-0.4, -0.2) is 22.6 Å². The first-order chi connectivity index (χ1) is 7.18. The number of hydrogen-bond acceptors (Lipinski definition) is 3. The molecular formula is C10H14BrN3O. The molecule has 1 aromatic heterocycles. The van der Waals surface area contributed by atoms with Crippen LogP contribution in [0.1, 0.15) is 12.1 Å². The third kappa shape index (κ3) is 2.29. The van der Waals surface area contributed by atoms with Crippen LogP contribution in [0.2, 0.25) is 0 Å². The van der Waals surface area contributed by atoms with Crippen molar-refractivity contribution in [3.05, 3.63) is 26.8 Å². The van der Waals surface area contributed by atoms with Crippen molar-refractivity contribution in [1.82, 2.24) is 14.9 Å². The molecule has 0 unspecified atom stereocenters. The Hall–Kier alpha value is -0.680. The lowest BCUT2D eigenvalue weighted by Crippen LogP contribution is -2.42. The minimum absolute atomic E-state index is 0.0229. The molecule has 15 heavy (non-hydrogen) atoms. The first-order valence-electron chi connectivity index (χ1n) is 5.10. The van der Waals surface area contributed by atoms with Gasteiger partial charge < -0.3 is 5.32 Å². The van der Waals surface area contributed by atoms with Gasteiger partial charge in [0.05, 0.1) is 12.0 Å². The third-order valence-corrected chi connectivity index (χ3v) is 3.71. The van der Waals surface area contributed by atoms with Gasteiger partial charge in [-0.05, 0) is 48.3 Å². The standard InChI is InChI=1S/C10H14BrN3O/c1-7-9(11)10(15)14(6-13-7)3-2-8-4-12-5-8/h6,8,12H,2-5H2,1H3. The van der Waals surface area contributed by atoms with Crippen molar-refractivity contribution in [3.63, 3.8) is 0 Å². The van der Waals surface area contributed by atoms with E-state index in [-0.39, 0.29) is 5.56 Å². The van der Waals surface area contributed by atoms with Crippen LogP contribution in [-0.2, 0) is 6.54 Å². The number of hydrogen-bond donors (Lipinski definition) is 1. The van der Waals surface area contributed by atoms with Gasteiger partial charge in [0.15, 0.2) is 0 Å². The van der Waals surface area contributed by atoms with Crippen molar-refractivity contribution in [3.8, 4) is 0 Å². The molecule has 0 spiro atoms. The van der Waals surface area contributed by atoms with Crippen LogP contribution < -0.4 is 10.9 Å². The van der Waals surface area contributed by atoms with Gasteiger partial charge in [-0.2, -0.15) is 0 Å². The lowest BCUT2D eigenvalue weighted by molar-refractivity contribution is 0.310. The first kappa shape index (κ1) is 10.8. The molecule has 0 amide bonds. The highest BCUT2D eigenvalue weighted by molar-refractivity contribution is 9.10. The summed E-state index contributed by atoms with van der Waals surface area (Å²) in [6, 6.07) is 0. The van der Waals surface area contributed by atoms with E-state index in [4.69, 9.17) is 0 Å². The van der Waals surface area contributed by atoms with Gasteiger partial charge in [-0.3, -0.25) is 9.36 Å². The van der Waals surface area contributed by atoms with Gasteiger partial charge in [0.1, 0.15) is 4.47 Å². The van der Waals surface area contributed by atoms with Gasteiger partial charge in [0.2, 0.25) is 0 Å². The van der Waals surface area contributed by atoms with Crippen molar-refractivity contribution in [2.75, 3.05) is 13.1 Å². The van der Waals surface area contributed by atoms with Crippen LogP contribution in [0, 0.1) is 12.8 Å². The number of rotatable bonds is 3. The SMILES string of the molecule is Cc1ncn(CCC2CNC2)c(=O)c1Br. The van der Waals surface area contributed by atoms with Crippen LogP contribution in [0.15, 0.2) is 15.6 Å². The van der Waals surface area contributed by atoms with E-state index >= 15 is 0 Å². The lowest BCUT2D eigenvalue weighted by atomic mass is 10.00. The molecule has 1 aromatic rings. The normalized spacial score (nSPS) is 16.4. The molecule has 0 bridgehead atoms. The molecule has 2 heterocycles. The van der Waals surface area contributed by atoms with Crippen LogP contribution in [0.3, 0.4) is 0 Å². The molecule has 0 saturated carbocycles. The largest absolute Gasteiger partial charge is 0.316 e. The van der Waals surface area contributed by atoms with Crippen LogP contribution in [0.4, 0.5) is 0 Å². The molecule has 0 radical (unpaired) electrons. The fourth-order valence-corrected chi connectivity index (χ4v) is 1.91. The summed E-state index contributed by atoms with van der Waals surface area (Å²) in [5.41, 5.74) is 0.774. The molecule has 5 heteroatoms. The Morgan fingerprint density at radius 2 is 2.40 bits per heavy atom. The van der Waals surface area contributed by atoms with Crippen LogP contribution >= 0.6 is 15.9 Å². The molecule has 0 aromatic carbocycles. The second-order valence-corrected chi connectivity index (χ2v) is 4.75. The van der Waals surface area contributed by atoms with Crippen LogP contribution in [0.25, 0.3) is 0 Å². The second-order valence-electron chi connectivity index (χ2n) is 3.96. The summed E-state index contributed by atoms with van der Waals surface area (Å²) in [4.78, 5) is 15.9. The average molecular weight is 272 g/mol. The molecule has 2 rings (SSSR count). The zero-order chi connectivity index (χ0) is 10.8. The maximum atomic E-state index is 11.8. The van der Waals surface area contributed by atoms with E-state index < -0.39 is 0 Å². The molecule has 1 aliphatic heterocycles. The zero-order valence-electron chi connectivity index (χ0n) is 8.66. The molecule has 1 aliphatic rings. The molecule has 82 valence electrons. The predicted molar refractivity (Wildman–Crippen MR) is 61.9 cm³/mol. The highest BCUT2D eigenvalue weighted by Gasteiger charge is 2.16. The minimum Gasteiger partial charge on any atom is -0.316 e.